The summed E-state index contributed by atoms with van der Waals surface area (Å²) in [5.74, 6) is -1.85. The van der Waals surface area contributed by atoms with E-state index in [1.54, 1.807) is 48.5 Å². The number of halogens is 3. The molecule has 12 heteroatoms. The second-order valence-corrected chi connectivity index (χ2v) is 13.9. The van der Waals surface area contributed by atoms with E-state index in [4.69, 9.17) is 22.1 Å². The van der Waals surface area contributed by atoms with Gasteiger partial charge in [0.1, 0.15) is 17.4 Å². The monoisotopic (exact) mass is 682 g/mol. The molecule has 4 N–H and O–H groups in total. The number of rotatable bonds is 11. The molecule has 1 saturated heterocycles. The van der Waals surface area contributed by atoms with Gasteiger partial charge in [-0.15, -0.1) is 0 Å². The first-order chi connectivity index (χ1) is 22.5. The van der Waals surface area contributed by atoms with E-state index < -0.39 is 45.6 Å². The summed E-state index contributed by atoms with van der Waals surface area (Å²) in [6.07, 6.45) is 0.407. The summed E-state index contributed by atoms with van der Waals surface area (Å²) in [5, 5.41) is 6.49. The molecule has 8 nitrogen and oxygen atoms in total. The van der Waals surface area contributed by atoms with Gasteiger partial charge in [0.25, 0.3) is 0 Å². The van der Waals surface area contributed by atoms with Crippen LogP contribution in [-0.4, -0.2) is 57.0 Å². The number of piperazine rings is 1. The zero-order chi connectivity index (χ0) is 33.7. The Hall–Kier alpha value is -3.87. The van der Waals surface area contributed by atoms with Crippen LogP contribution in [0.3, 0.4) is 0 Å². The van der Waals surface area contributed by atoms with Crippen molar-refractivity contribution in [2.75, 3.05) is 25.5 Å². The zero-order valence-corrected chi connectivity index (χ0v) is 27.6. The van der Waals surface area contributed by atoms with Gasteiger partial charge in [0.05, 0.1) is 18.0 Å². The summed E-state index contributed by atoms with van der Waals surface area (Å²) in [6.45, 7) is 2.66. The van der Waals surface area contributed by atoms with E-state index >= 15 is 4.39 Å². The largest absolute Gasteiger partial charge is 0.497 e. The summed E-state index contributed by atoms with van der Waals surface area (Å²) < 4.78 is 63.9. The average molecular weight is 683 g/mol. The third kappa shape index (κ3) is 7.82. The molecule has 1 amide bonds. The van der Waals surface area contributed by atoms with Gasteiger partial charge in [-0.2, -0.15) is 4.31 Å². The summed E-state index contributed by atoms with van der Waals surface area (Å²) in [5.41, 5.74) is 8.08. The molecule has 1 fully saturated rings. The lowest BCUT2D eigenvalue weighted by molar-refractivity contribution is -0.117. The van der Waals surface area contributed by atoms with Crippen LogP contribution in [0.5, 0.6) is 5.75 Å². The lowest BCUT2D eigenvalue weighted by atomic mass is 9.85. The Labute approximate surface area is 278 Å². The SMILES string of the molecule is COc1ccc(S(=O)(=O)N2C(C)CNCC2CCc2c(F)cccc2NC(=O)C(N)C(c2cccc(F)c2)c2cccc(Cl)c2)cc1. The Balaban J connectivity index is 1.38. The van der Waals surface area contributed by atoms with Crippen LogP contribution in [0.4, 0.5) is 14.5 Å². The second kappa shape index (κ2) is 14.9. The molecule has 0 saturated carbocycles. The van der Waals surface area contributed by atoms with Crippen LogP contribution in [-0.2, 0) is 21.2 Å². The highest BCUT2D eigenvalue weighted by Crippen LogP contribution is 2.32. The van der Waals surface area contributed by atoms with Gasteiger partial charge in [-0.25, -0.2) is 17.2 Å². The highest BCUT2D eigenvalue weighted by molar-refractivity contribution is 7.89. The van der Waals surface area contributed by atoms with Gasteiger partial charge in [0, 0.05) is 47.4 Å². The highest BCUT2D eigenvalue weighted by Gasteiger charge is 2.38. The van der Waals surface area contributed by atoms with Crippen molar-refractivity contribution in [3.05, 3.63) is 124 Å². The molecular formula is C35H37ClF2N4O4S. The number of hydrogen-bond donors (Lipinski definition) is 3. The number of nitrogens with zero attached hydrogens (tertiary/aromatic N) is 1. The number of ether oxygens (including phenoxy) is 1. The van der Waals surface area contributed by atoms with Crippen LogP contribution in [0, 0.1) is 11.6 Å². The fraction of sp³-hybridized carbons (Fsp3) is 0.286. The quantitative estimate of drug-likeness (QED) is 0.187. The van der Waals surface area contributed by atoms with Crippen LogP contribution in [0.2, 0.25) is 5.02 Å². The molecular weight excluding hydrogens is 646 g/mol. The maximum absolute atomic E-state index is 15.4. The van der Waals surface area contributed by atoms with E-state index in [-0.39, 0.29) is 35.0 Å². The van der Waals surface area contributed by atoms with Gasteiger partial charge in [-0.3, -0.25) is 4.79 Å². The maximum atomic E-state index is 15.4. The number of nitrogens with one attached hydrogen (secondary N) is 2. The van der Waals surface area contributed by atoms with Crippen molar-refractivity contribution in [3.8, 4) is 5.75 Å². The molecule has 4 atom stereocenters. The molecule has 1 aliphatic rings. The van der Waals surface area contributed by atoms with Crippen molar-refractivity contribution in [1.82, 2.24) is 9.62 Å². The predicted octanol–water partition coefficient (Wildman–Crippen LogP) is 5.71. The van der Waals surface area contributed by atoms with Crippen LogP contribution in [0.25, 0.3) is 0 Å². The number of benzene rings is 4. The van der Waals surface area contributed by atoms with Gasteiger partial charge in [-0.1, -0.05) is 41.9 Å². The molecule has 0 bridgehead atoms. The number of methoxy groups -OCH3 is 1. The number of sulfonamides is 1. The number of nitrogens with two attached hydrogens (primary N) is 1. The molecule has 4 aromatic rings. The van der Waals surface area contributed by atoms with Crippen molar-refractivity contribution < 1.29 is 26.7 Å². The van der Waals surface area contributed by atoms with Gasteiger partial charge in [-0.05, 0) is 91.6 Å². The molecule has 5 rings (SSSR count). The minimum atomic E-state index is -3.89. The summed E-state index contributed by atoms with van der Waals surface area (Å²) >= 11 is 6.25. The fourth-order valence-electron chi connectivity index (χ4n) is 6.15. The molecule has 4 aromatic carbocycles. The van der Waals surface area contributed by atoms with Gasteiger partial charge in [0.15, 0.2) is 0 Å². The van der Waals surface area contributed by atoms with Crippen LogP contribution in [0.1, 0.15) is 36.0 Å². The van der Waals surface area contributed by atoms with Crippen LogP contribution >= 0.6 is 11.6 Å². The number of hydrogen-bond acceptors (Lipinski definition) is 6. The standard InChI is InChI=1S/C35H37ClF2N4O4S/c1-22-20-40-21-27(42(22)47(44,45)29-15-13-28(46-2)14-16-29)12-17-30-31(38)10-5-11-32(30)41-35(43)34(39)33(23-6-3-8-25(36)18-23)24-7-4-9-26(37)19-24/h3-11,13-16,18-19,22,27,33-34,40H,12,17,20-21,39H2,1-2H3,(H,41,43). The van der Waals surface area contributed by atoms with E-state index in [0.717, 1.165) is 0 Å². The third-order valence-corrected chi connectivity index (χ3v) is 10.7. The smallest absolute Gasteiger partial charge is 0.243 e. The summed E-state index contributed by atoms with van der Waals surface area (Å²) in [6, 6.07) is 21.2. The Kier molecular flexibility index (Phi) is 10.9. The topological polar surface area (TPSA) is 114 Å². The van der Waals surface area contributed by atoms with E-state index in [2.05, 4.69) is 10.6 Å². The van der Waals surface area contributed by atoms with Crippen molar-refractivity contribution in [2.24, 2.45) is 5.73 Å². The molecule has 47 heavy (non-hydrogen) atoms. The third-order valence-electron chi connectivity index (χ3n) is 8.43. The first-order valence-corrected chi connectivity index (χ1v) is 17.0. The Morgan fingerprint density at radius 2 is 1.70 bits per heavy atom. The van der Waals surface area contributed by atoms with Crippen molar-refractivity contribution >= 4 is 33.2 Å². The fourth-order valence-corrected chi connectivity index (χ4v) is 8.19. The lowest BCUT2D eigenvalue weighted by Crippen LogP contribution is -2.58. The van der Waals surface area contributed by atoms with Gasteiger partial charge in [0.2, 0.25) is 15.9 Å². The lowest BCUT2D eigenvalue weighted by Gasteiger charge is -2.40. The molecule has 4 unspecified atom stereocenters. The molecule has 1 aliphatic heterocycles. The summed E-state index contributed by atoms with van der Waals surface area (Å²) in [4.78, 5) is 13.8. The van der Waals surface area contributed by atoms with Crippen molar-refractivity contribution in [1.29, 1.82) is 0 Å². The number of carbonyl (C=O) groups excluding carboxylic acids is 1. The van der Waals surface area contributed by atoms with E-state index in [1.165, 1.54) is 53.9 Å². The van der Waals surface area contributed by atoms with E-state index in [0.29, 0.717) is 35.0 Å². The van der Waals surface area contributed by atoms with Crippen LogP contribution < -0.4 is 21.1 Å². The Morgan fingerprint density at radius 1 is 1.02 bits per heavy atom. The Bertz CT molecular complexity index is 1780. The van der Waals surface area contributed by atoms with E-state index in [1.807, 2.05) is 6.92 Å². The second-order valence-electron chi connectivity index (χ2n) is 11.6. The minimum Gasteiger partial charge on any atom is -0.497 e. The van der Waals surface area contributed by atoms with E-state index in [9.17, 15) is 17.6 Å². The normalized spacial score (nSPS) is 18.3. The highest BCUT2D eigenvalue weighted by atomic mass is 35.5. The molecule has 0 aromatic heterocycles. The molecule has 0 spiro atoms. The first kappa shape index (κ1) is 34.5. The molecule has 248 valence electrons. The zero-order valence-electron chi connectivity index (χ0n) is 26.0. The maximum Gasteiger partial charge on any atom is 0.243 e. The van der Waals surface area contributed by atoms with Crippen molar-refractivity contribution in [3.63, 3.8) is 0 Å². The van der Waals surface area contributed by atoms with Gasteiger partial charge < -0.3 is 21.1 Å². The van der Waals surface area contributed by atoms with Crippen molar-refractivity contribution in [2.45, 2.75) is 48.7 Å². The summed E-state index contributed by atoms with van der Waals surface area (Å²) in [7, 11) is -2.38. The van der Waals surface area contributed by atoms with Crippen LogP contribution in [0.15, 0.2) is 95.9 Å². The minimum absolute atomic E-state index is 0.132. The molecule has 1 heterocycles. The average Bonchev–Trinajstić information content (AvgIpc) is 3.04. The molecule has 0 radical (unpaired) electrons. The predicted molar refractivity (Wildman–Crippen MR) is 179 cm³/mol. The van der Waals surface area contributed by atoms with Gasteiger partial charge >= 0.3 is 0 Å². The number of carbonyl (C=O) groups is 1. The number of anilines is 1. The number of amides is 1. The Morgan fingerprint density at radius 3 is 2.38 bits per heavy atom. The first-order valence-electron chi connectivity index (χ1n) is 15.2. The molecule has 0 aliphatic carbocycles.